The van der Waals surface area contributed by atoms with Gasteiger partial charge in [0.1, 0.15) is 5.75 Å². The number of fused-ring (bicyclic) bond motifs is 1. The third-order valence-electron chi connectivity index (χ3n) is 5.49. The number of rotatable bonds is 5. The Kier molecular flexibility index (Phi) is 4.50. The van der Waals surface area contributed by atoms with Gasteiger partial charge >= 0.3 is 0 Å². The van der Waals surface area contributed by atoms with Crippen LogP contribution in [-0.2, 0) is 19.4 Å². The monoisotopic (exact) mass is 341 g/mol. The molecule has 0 amide bonds. The third-order valence-corrected chi connectivity index (χ3v) is 5.49. The number of methoxy groups -OCH3 is 1. The first-order valence-corrected chi connectivity index (χ1v) is 9.42. The van der Waals surface area contributed by atoms with E-state index in [4.69, 9.17) is 9.26 Å². The van der Waals surface area contributed by atoms with Crippen LogP contribution in [0.4, 0.5) is 0 Å². The van der Waals surface area contributed by atoms with E-state index in [1.54, 1.807) is 7.11 Å². The van der Waals surface area contributed by atoms with Crippen molar-refractivity contribution in [3.8, 4) is 5.75 Å². The Morgan fingerprint density at radius 1 is 1.24 bits per heavy atom. The van der Waals surface area contributed by atoms with Gasteiger partial charge in [0.2, 0.25) is 5.89 Å². The zero-order valence-electron chi connectivity index (χ0n) is 15.4. The third kappa shape index (κ3) is 3.17. The predicted octanol–water partition coefficient (Wildman–Crippen LogP) is 4.03. The first kappa shape index (κ1) is 16.6. The molecule has 5 nitrogen and oxygen atoms in total. The van der Waals surface area contributed by atoms with Crippen molar-refractivity contribution in [2.75, 3.05) is 13.7 Å². The fourth-order valence-corrected chi connectivity index (χ4v) is 4.10. The van der Waals surface area contributed by atoms with Crippen molar-refractivity contribution in [2.24, 2.45) is 0 Å². The maximum atomic E-state index is 5.68. The largest absolute Gasteiger partial charge is 0.496 e. The smallest absolute Gasteiger partial charge is 0.244 e. The molecule has 1 aromatic carbocycles. The predicted molar refractivity (Wildman–Crippen MR) is 95.8 cm³/mol. The van der Waals surface area contributed by atoms with Gasteiger partial charge in [0.05, 0.1) is 13.2 Å². The fraction of sp³-hybridized carbons (Fsp3) is 0.600. The molecule has 1 fully saturated rings. The molecule has 5 heteroatoms. The average Bonchev–Trinajstić information content (AvgIpc) is 3.33. The molecule has 134 valence electrons. The van der Waals surface area contributed by atoms with Crippen LogP contribution in [0.5, 0.6) is 5.75 Å². The van der Waals surface area contributed by atoms with Crippen molar-refractivity contribution < 1.29 is 9.26 Å². The van der Waals surface area contributed by atoms with Crippen molar-refractivity contribution in [3.63, 3.8) is 0 Å². The normalized spacial score (nSPS) is 20.4. The Balaban J connectivity index is 1.57. The standard InChI is InChI=1S/C20H27N3O2/c1-13(2)19-21-20(25-22-19)17-8-5-9-23(17)12-16-10-14-6-4-7-15(14)11-18(16)24-3/h10-11,13,17H,4-9,12H2,1-3H3. The highest BCUT2D eigenvalue weighted by molar-refractivity contribution is 5.44. The van der Waals surface area contributed by atoms with E-state index in [0.717, 1.165) is 43.4 Å². The van der Waals surface area contributed by atoms with Gasteiger partial charge in [0.15, 0.2) is 5.82 Å². The maximum absolute atomic E-state index is 5.68. The summed E-state index contributed by atoms with van der Waals surface area (Å²) in [7, 11) is 1.77. The van der Waals surface area contributed by atoms with Crippen molar-refractivity contribution in [2.45, 2.75) is 64.5 Å². The Bertz CT molecular complexity index is 753. The second-order valence-corrected chi connectivity index (χ2v) is 7.56. The lowest BCUT2D eigenvalue weighted by Gasteiger charge is -2.23. The van der Waals surface area contributed by atoms with Gasteiger partial charge in [-0.3, -0.25) is 4.90 Å². The van der Waals surface area contributed by atoms with Crippen LogP contribution in [0.1, 0.15) is 73.5 Å². The Hall–Kier alpha value is -1.88. The van der Waals surface area contributed by atoms with Gasteiger partial charge in [-0.15, -0.1) is 0 Å². The molecule has 1 unspecified atom stereocenters. The number of likely N-dealkylation sites (tertiary alicyclic amines) is 1. The van der Waals surface area contributed by atoms with E-state index in [1.807, 2.05) is 0 Å². The number of ether oxygens (including phenoxy) is 1. The van der Waals surface area contributed by atoms with Gasteiger partial charge in [0, 0.05) is 18.0 Å². The minimum atomic E-state index is 0.220. The van der Waals surface area contributed by atoms with Crippen LogP contribution < -0.4 is 4.74 Å². The van der Waals surface area contributed by atoms with Crippen molar-refractivity contribution in [3.05, 3.63) is 40.5 Å². The lowest BCUT2D eigenvalue weighted by Crippen LogP contribution is -2.23. The number of hydrogen-bond acceptors (Lipinski definition) is 5. The molecular weight excluding hydrogens is 314 g/mol. The molecular formula is C20H27N3O2. The molecule has 1 saturated heterocycles. The fourth-order valence-electron chi connectivity index (χ4n) is 4.10. The first-order valence-electron chi connectivity index (χ1n) is 9.42. The Labute approximate surface area is 149 Å². The van der Waals surface area contributed by atoms with Crippen LogP contribution in [0.25, 0.3) is 0 Å². The molecule has 0 bridgehead atoms. The molecule has 0 saturated carbocycles. The highest BCUT2D eigenvalue weighted by Crippen LogP contribution is 2.36. The van der Waals surface area contributed by atoms with Crippen molar-refractivity contribution in [1.29, 1.82) is 0 Å². The van der Waals surface area contributed by atoms with E-state index >= 15 is 0 Å². The quantitative estimate of drug-likeness (QED) is 0.822. The zero-order valence-corrected chi connectivity index (χ0v) is 15.4. The molecule has 2 heterocycles. The summed E-state index contributed by atoms with van der Waals surface area (Å²) < 4.78 is 11.3. The topological polar surface area (TPSA) is 51.4 Å². The lowest BCUT2D eigenvalue weighted by atomic mass is 10.0. The number of aromatic nitrogens is 2. The van der Waals surface area contributed by atoms with Crippen LogP contribution in [0.2, 0.25) is 0 Å². The molecule has 25 heavy (non-hydrogen) atoms. The summed E-state index contributed by atoms with van der Waals surface area (Å²) in [4.78, 5) is 7.09. The van der Waals surface area contributed by atoms with Crippen molar-refractivity contribution >= 4 is 0 Å². The van der Waals surface area contributed by atoms with Gasteiger partial charge in [-0.1, -0.05) is 25.1 Å². The summed E-state index contributed by atoms with van der Waals surface area (Å²) in [6.45, 7) is 6.12. The molecule has 0 N–H and O–H groups in total. The molecule has 2 aliphatic rings. The maximum Gasteiger partial charge on any atom is 0.244 e. The number of aryl methyl sites for hydroxylation is 2. The summed E-state index contributed by atoms with van der Waals surface area (Å²) in [5.41, 5.74) is 4.22. The minimum absolute atomic E-state index is 0.220. The number of benzene rings is 1. The van der Waals surface area contributed by atoms with Gasteiger partial charge in [-0.25, -0.2) is 0 Å². The van der Waals surface area contributed by atoms with Gasteiger partial charge in [-0.2, -0.15) is 4.98 Å². The molecule has 1 aromatic heterocycles. The van der Waals surface area contributed by atoms with Crippen LogP contribution >= 0.6 is 0 Å². The van der Waals surface area contributed by atoms with Crippen LogP contribution in [0, 0.1) is 0 Å². The van der Waals surface area contributed by atoms with Gasteiger partial charge in [0.25, 0.3) is 0 Å². The molecule has 4 rings (SSSR count). The van der Waals surface area contributed by atoms with E-state index in [-0.39, 0.29) is 6.04 Å². The summed E-state index contributed by atoms with van der Waals surface area (Å²) >= 11 is 0. The molecule has 1 aliphatic carbocycles. The minimum Gasteiger partial charge on any atom is -0.496 e. The van der Waals surface area contributed by atoms with E-state index in [9.17, 15) is 0 Å². The highest BCUT2D eigenvalue weighted by Gasteiger charge is 2.31. The summed E-state index contributed by atoms with van der Waals surface area (Å²) in [6.07, 6.45) is 5.87. The summed E-state index contributed by atoms with van der Waals surface area (Å²) in [5, 5.41) is 4.15. The van der Waals surface area contributed by atoms with Crippen LogP contribution in [0.3, 0.4) is 0 Å². The van der Waals surface area contributed by atoms with Crippen LogP contribution in [0.15, 0.2) is 16.7 Å². The summed E-state index contributed by atoms with van der Waals surface area (Å²) in [6, 6.07) is 4.81. The second-order valence-electron chi connectivity index (χ2n) is 7.56. The Morgan fingerprint density at radius 3 is 2.76 bits per heavy atom. The lowest BCUT2D eigenvalue weighted by molar-refractivity contribution is 0.199. The highest BCUT2D eigenvalue weighted by atomic mass is 16.5. The van der Waals surface area contributed by atoms with Crippen molar-refractivity contribution in [1.82, 2.24) is 15.0 Å². The molecule has 0 radical (unpaired) electrons. The van der Waals surface area contributed by atoms with Gasteiger partial charge in [-0.05, 0) is 55.8 Å². The molecule has 1 atom stereocenters. The first-order chi connectivity index (χ1) is 12.2. The van der Waals surface area contributed by atoms with E-state index in [2.05, 4.69) is 41.0 Å². The average molecular weight is 341 g/mol. The van der Waals surface area contributed by atoms with E-state index in [1.165, 1.54) is 36.0 Å². The second kappa shape index (κ2) is 6.79. The van der Waals surface area contributed by atoms with Crippen LogP contribution in [-0.4, -0.2) is 28.7 Å². The Morgan fingerprint density at radius 2 is 2.04 bits per heavy atom. The SMILES string of the molecule is COc1cc2c(cc1CN1CCCC1c1nc(C(C)C)no1)CCC2. The zero-order chi connectivity index (χ0) is 17.4. The molecule has 0 spiro atoms. The van der Waals surface area contributed by atoms with E-state index in [0.29, 0.717) is 5.92 Å². The van der Waals surface area contributed by atoms with E-state index < -0.39 is 0 Å². The summed E-state index contributed by atoms with van der Waals surface area (Å²) in [5.74, 6) is 2.88. The molecule has 2 aromatic rings. The van der Waals surface area contributed by atoms with Gasteiger partial charge < -0.3 is 9.26 Å². The molecule has 1 aliphatic heterocycles. The number of hydrogen-bond donors (Lipinski definition) is 0. The number of nitrogens with zero attached hydrogens (tertiary/aromatic N) is 3.